The minimum absolute atomic E-state index is 0.497. The van der Waals surface area contributed by atoms with Crippen LogP contribution in [0.1, 0.15) is 55.2 Å². The fraction of sp³-hybridized carbons (Fsp3) is 0.333. The van der Waals surface area contributed by atoms with E-state index < -0.39 is 0 Å². The second-order valence-corrected chi connectivity index (χ2v) is 7.76. The SMILES string of the molecule is CCCC[C@@H]1CCc2c(ccc3ccccc23)[C@H]1c1ccc(Cl)cc1. The molecule has 0 heterocycles. The Bertz CT molecular complexity index is 863. The summed E-state index contributed by atoms with van der Waals surface area (Å²) in [7, 11) is 0. The summed E-state index contributed by atoms with van der Waals surface area (Å²) in [6.07, 6.45) is 6.39. The minimum Gasteiger partial charge on any atom is -0.0843 e. The molecule has 1 heteroatoms. The van der Waals surface area contributed by atoms with Crippen LogP contribution in [0.15, 0.2) is 60.7 Å². The van der Waals surface area contributed by atoms with Gasteiger partial charge in [0.2, 0.25) is 0 Å². The normalized spacial score (nSPS) is 19.8. The van der Waals surface area contributed by atoms with Crippen LogP contribution in [0.4, 0.5) is 0 Å². The second-order valence-electron chi connectivity index (χ2n) is 7.32. The molecule has 0 bridgehead atoms. The molecule has 0 saturated carbocycles. The van der Waals surface area contributed by atoms with E-state index in [2.05, 4.69) is 55.5 Å². The van der Waals surface area contributed by atoms with Crippen molar-refractivity contribution in [3.63, 3.8) is 0 Å². The molecule has 0 aliphatic heterocycles. The number of unbranched alkanes of at least 4 members (excludes halogenated alkanes) is 1. The Morgan fingerprint density at radius 3 is 2.56 bits per heavy atom. The maximum Gasteiger partial charge on any atom is 0.0406 e. The standard InChI is InChI=1S/C24H25Cl/c1-2-3-6-18-12-15-22-21-8-5-4-7-17(21)11-16-23(22)24(18)19-9-13-20(25)14-10-19/h4-5,7-11,13-14,16,18,24H,2-3,6,12,15H2,1H3/t18-,24-/m1/s1. The first kappa shape index (κ1) is 16.7. The average molecular weight is 349 g/mol. The highest BCUT2D eigenvalue weighted by Gasteiger charge is 2.31. The van der Waals surface area contributed by atoms with Gasteiger partial charge in [0.1, 0.15) is 0 Å². The van der Waals surface area contributed by atoms with Crippen molar-refractivity contribution < 1.29 is 0 Å². The molecular formula is C24H25Cl. The highest BCUT2D eigenvalue weighted by atomic mass is 35.5. The zero-order valence-corrected chi connectivity index (χ0v) is 15.6. The molecule has 2 atom stereocenters. The number of halogens is 1. The van der Waals surface area contributed by atoms with Gasteiger partial charge in [-0.2, -0.15) is 0 Å². The average Bonchev–Trinajstić information content (AvgIpc) is 2.66. The molecule has 1 aliphatic carbocycles. The van der Waals surface area contributed by atoms with Crippen LogP contribution in [0.3, 0.4) is 0 Å². The fourth-order valence-corrected chi connectivity index (χ4v) is 4.70. The van der Waals surface area contributed by atoms with Gasteiger partial charge < -0.3 is 0 Å². The quantitative estimate of drug-likeness (QED) is 0.461. The van der Waals surface area contributed by atoms with Gasteiger partial charge in [0.15, 0.2) is 0 Å². The van der Waals surface area contributed by atoms with Crippen molar-refractivity contribution in [2.24, 2.45) is 5.92 Å². The van der Waals surface area contributed by atoms with E-state index in [9.17, 15) is 0 Å². The first-order chi connectivity index (χ1) is 12.3. The van der Waals surface area contributed by atoms with Crippen LogP contribution >= 0.6 is 11.6 Å². The van der Waals surface area contributed by atoms with E-state index in [4.69, 9.17) is 11.6 Å². The smallest absolute Gasteiger partial charge is 0.0406 e. The lowest BCUT2D eigenvalue weighted by Crippen LogP contribution is -2.22. The summed E-state index contributed by atoms with van der Waals surface area (Å²) < 4.78 is 0. The number of aryl methyl sites for hydroxylation is 1. The third-order valence-corrected chi connectivity index (χ3v) is 6.06. The van der Waals surface area contributed by atoms with Gasteiger partial charge in [-0.1, -0.05) is 79.9 Å². The van der Waals surface area contributed by atoms with Crippen LogP contribution in [0.25, 0.3) is 10.8 Å². The third kappa shape index (κ3) is 3.20. The Balaban J connectivity index is 1.84. The fourth-order valence-electron chi connectivity index (χ4n) is 4.57. The minimum atomic E-state index is 0.497. The van der Waals surface area contributed by atoms with Gasteiger partial charge in [0.05, 0.1) is 0 Å². The second kappa shape index (κ2) is 7.22. The van der Waals surface area contributed by atoms with Gasteiger partial charge >= 0.3 is 0 Å². The summed E-state index contributed by atoms with van der Waals surface area (Å²) >= 11 is 6.15. The van der Waals surface area contributed by atoms with Crippen LogP contribution in [0, 0.1) is 5.92 Å². The molecule has 0 fully saturated rings. The van der Waals surface area contributed by atoms with Gasteiger partial charge in [-0.3, -0.25) is 0 Å². The molecule has 0 spiro atoms. The molecular weight excluding hydrogens is 324 g/mol. The highest BCUT2D eigenvalue weighted by molar-refractivity contribution is 6.30. The molecule has 0 amide bonds. The molecule has 0 N–H and O–H groups in total. The van der Waals surface area contributed by atoms with Gasteiger partial charge in [-0.25, -0.2) is 0 Å². The largest absolute Gasteiger partial charge is 0.0843 e. The van der Waals surface area contributed by atoms with Crippen LogP contribution in [0.5, 0.6) is 0 Å². The molecule has 0 aromatic heterocycles. The molecule has 3 aromatic carbocycles. The Hall–Kier alpha value is -1.79. The molecule has 0 unspecified atom stereocenters. The summed E-state index contributed by atoms with van der Waals surface area (Å²) in [4.78, 5) is 0. The van der Waals surface area contributed by atoms with E-state index in [0.29, 0.717) is 5.92 Å². The van der Waals surface area contributed by atoms with Crippen LogP contribution in [0.2, 0.25) is 5.02 Å². The summed E-state index contributed by atoms with van der Waals surface area (Å²) in [5.41, 5.74) is 4.51. The molecule has 3 aromatic rings. The Kier molecular flexibility index (Phi) is 4.81. The summed E-state index contributed by atoms with van der Waals surface area (Å²) in [6, 6.07) is 22.1. The van der Waals surface area contributed by atoms with E-state index >= 15 is 0 Å². The maximum absolute atomic E-state index is 6.15. The molecule has 0 radical (unpaired) electrons. The molecule has 0 saturated heterocycles. The van der Waals surface area contributed by atoms with Crippen LogP contribution in [-0.4, -0.2) is 0 Å². The zero-order chi connectivity index (χ0) is 17.2. The zero-order valence-electron chi connectivity index (χ0n) is 14.8. The van der Waals surface area contributed by atoms with Crippen molar-refractivity contribution in [2.45, 2.75) is 44.9 Å². The van der Waals surface area contributed by atoms with Crippen molar-refractivity contribution in [3.05, 3.63) is 82.4 Å². The van der Waals surface area contributed by atoms with E-state index in [1.807, 2.05) is 12.1 Å². The Morgan fingerprint density at radius 1 is 0.960 bits per heavy atom. The number of benzene rings is 3. The van der Waals surface area contributed by atoms with Crippen LogP contribution < -0.4 is 0 Å². The predicted molar refractivity (Wildman–Crippen MR) is 109 cm³/mol. The van der Waals surface area contributed by atoms with Gasteiger partial charge in [-0.15, -0.1) is 0 Å². The van der Waals surface area contributed by atoms with E-state index in [1.165, 1.54) is 54.0 Å². The molecule has 0 nitrogen and oxygen atoms in total. The highest BCUT2D eigenvalue weighted by Crippen LogP contribution is 2.45. The lowest BCUT2D eigenvalue weighted by Gasteiger charge is -2.35. The molecule has 128 valence electrons. The number of rotatable bonds is 4. The Morgan fingerprint density at radius 2 is 1.76 bits per heavy atom. The summed E-state index contributed by atoms with van der Waals surface area (Å²) in [6.45, 7) is 2.29. The first-order valence-electron chi connectivity index (χ1n) is 9.54. The summed E-state index contributed by atoms with van der Waals surface area (Å²) in [5, 5.41) is 3.62. The summed E-state index contributed by atoms with van der Waals surface area (Å²) in [5.74, 6) is 1.23. The topological polar surface area (TPSA) is 0 Å². The monoisotopic (exact) mass is 348 g/mol. The van der Waals surface area contributed by atoms with E-state index in [0.717, 1.165) is 10.9 Å². The lowest BCUT2D eigenvalue weighted by molar-refractivity contribution is 0.373. The number of hydrogen-bond donors (Lipinski definition) is 0. The van der Waals surface area contributed by atoms with Crippen molar-refractivity contribution in [1.82, 2.24) is 0 Å². The van der Waals surface area contributed by atoms with Gasteiger partial charge in [0, 0.05) is 10.9 Å². The van der Waals surface area contributed by atoms with Crippen LogP contribution in [-0.2, 0) is 6.42 Å². The van der Waals surface area contributed by atoms with Crippen molar-refractivity contribution in [1.29, 1.82) is 0 Å². The number of fused-ring (bicyclic) bond motifs is 3. The van der Waals surface area contributed by atoms with Gasteiger partial charge in [0.25, 0.3) is 0 Å². The van der Waals surface area contributed by atoms with E-state index in [-0.39, 0.29) is 0 Å². The van der Waals surface area contributed by atoms with E-state index in [1.54, 1.807) is 5.56 Å². The van der Waals surface area contributed by atoms with Crippen molar-refractivity contribution in [3.8, 4) is 0 Å². The van der Waals surface area contributed by atoms with Crippen molar-refractivity contribution >= 4 is 22.4 Å². The predicted octanol–water partition coefficient (Wildman–Crippen LogP) is 7.38. The van der Waals surface area contributed by atoms with Gasteiger partial charge in [-0.05, 0) is 64.8 Å². The first-order valence-corrected chi connectivity index (χ1v) is 9.91. The third-order valence-electron chi connectivity index (χ3n) is 5.81. The van der Waals surface area contributed by atoms with Crippen molar-refractivity contribution in [2.75, 3.05) is 0 Å². The molecule has 25 heavy (non-hydrogen) atoms. The molecule has 4 rings (SSSR count). The Labute approximate surface area is 155 Å². The molecule has 1 aliphatic rings. The maximum atomic E-state index is 6.15. The number of hydrogen-bond acceptors (Lipinski definition) is 0. The lowest BCUT2D eigenvalue weighted by atomic mass is 9.69.